The minimum Gasteiger partial charge on any atom is -0.480 e. The van der Waals surface area contributed by atoms with Gasteiger partial charge < -0.3 is 20.3 Å². The zero-order valence-corrected chi connectivity index (χ0v) is 15.3. The van der Waals surface area contributed by atoms with Crippen molar-refractivity contribution >= 4 is 29.2 Å². The van der Waals surface area contributed by atoms with E-state index in [9.17, 15) is 19.5 Å². The van der Waals surface area contributed by atoms with E-state index >= 15 is 0 Å². The Hall–Kier alpha value is -2.87. The highest BCUT2D eigenvalue weighted by atomic mass is 32.1. The Morgan fingerprint density at radius 1 is 1.15 bits per heavy atom. The van der Waals surface area contributed by atoms with Crippen LogP contribution in [-0.2, 0) is 4.79 Å². The van der Waals surface area contributed by atoms with Crippen LogP contribution in [0.15, 0.2) is 24.3 Å². The lowest BCUT2D eigenvalue weighted by Crippen LogP contribution is -2.29. The first-order chi connectivity index (χ1) is 12.2. The maximum absolute atomic E-state index is 12.0. The number of hydrogen-bond donors (Lipinski definition) is 3. The molecule has 26 heavy (non-hydrogen) atoms. The topological polar surface area (TPSA) is 113 Å². The number of aromatic carboxylic acids is 1. The van der Waals surface area contributed by atoms with Gasteiger partial charge in [0.05, 0.1) is 0 Å². The smallest absolute Gasteiger partial charge is 0.349 e. The number of carboxylic acid groups (broad SMARTS) is 2. The van der Waals surface area contributed by atoms with Gasteiger partial charge in [-0.25, -0.2) is 9.59 Å². The minimum atomic E-state index is -1.19. The molecule has 138 valence electrons. The van der Waals surface area contributed by atoms with Crippen molar-refractivity contribution in [2.45, 2.75) is 26.8 Å². The molecule has 8 heteroatoms. The highest BCUT2D eigenvalue weighted by Crippen LogP contribution is 2.41. The van der Waals surface area contributed by atoms with Gasteiger partial charge in [-0.2, -0.15) is 0 Å². The highest BCUT2D eigenvalue weighted by Gasteiger charge is 2.23. The van der Waals surface area contributed by atoms with Gasteiger partial charge in [0.1, 0.15) is 5.75 Å². The number of nitrogens with one attached hydrogen (secondary N) is 1. The number of aliphatic carboxylic acids is 1. The number of amides is 1. The zero-order valence-electron chi connectivity index (χ0n) is 14.5. The van der Waals surface area contributed by atoms with E-state index < -0.39 is 18.5 Å². The Morgan fingerprint density at radius 3 is 2.27 bits per heavy atom. The van der Waals surface area contributed by atoms with E-state index in [1.54, 1.807) is 31.2 Å². The van der Waals surface area contributed by atoms with Gasteiger partial charge in [0.25, 0.3) is 5.91 Å². The number of thiophene rings is 1. The van der Waals surface area contributed by atoms with E-state index in [0.29, 0.717) is 16.0 Å². The predicted octanol–water partition coefficient (Wildman–Crippen LogP) is 3.02. The van der Waals surface area contributed by atoms with Crippen LogP contribution in [0.2, 0.25) is 0 Å². The molecule has 7 nitrogen and oxygen atoms in total. The van der Waals surface area contributed by atoms with Crippen LogP contribution in [0.5, 0.6) is 5.75 Å². The fraction of sp³-hybridized carbons (Fsp3) is 0.278. The molecule has 0 aliphatic rings. The van der Waals surface area contributed by atoms with Crippen LogP contribution >= 0.6 is 11.3 Å². The number of rotatable bonds is 7. The first-order valence-electron chi connectivity index (χ1n) is 7.83. The summed E-state index contributed by atoms with van der Waals surface area (Å²) in [6.45, 7) is 4.79. The van der Waals surface area contributed by atoms with Crippen LogP contribution in [0, 0.1) is 6.92 Å². The van der Waals surface area contributed by atoms with E-state index in [1.807, 2.05) is 13.8 Å². The molecular weight excluding hydrogens is 358 g/mol. The number of carboxylic acids is 2. The summed E-state index contributed by atoms with van der Waals surface area (Å²) in [7, 11) is 0. The van der Waals surface area contributed by atoms with Crippen molar-refractivity contribution in [3.63, 3.8) is 0 Å². The van der Waals surface area contributed by atoms with Gasteiger partial charge in [0.2, 0.25) is 0 Å². The molecule has 1 aromatic heterocycles. The molecule has 0 spiro atoms. The van der Waals surface area contributed by atoms with Gasteiger partial charge in [0, 0.05) is 22.0 Å². The summed E-state index contributed by atoms with van der Waals surface area (Å²) in [5.74, 6) is -2.50. The standard InChI is InChI=1S/C18H19NO6S/c1-9(2)19-17(22)12-6-4-11(5-7-12)15-10(3)14(25-8-13(20)21)16(26-15)18(23)24/h4-7,9H,8H2,1-3H3,(H,19,22)(H,20,21)(H,23,24). The minimum absolute atomic E-state index is 0.0220. The maximum atomic E-state index is 12.0. The number of benzene rings is 1. The Kier molecular flexibility index (Phi) is 5.99. The second-order valence-electron chi connectivity index (χ2n) is 5.91. The van der Waals surface area contributed by atoms with Crippen molar-refractivity contribution < 1.29 is 29.3 Å². The fourth-order valence-corrected chi connectivity index (χ4v) is 3.44. The molecule has 3 N–H and O–H groups in total. The van der Waals surface area contributed by atoms with E-state index in [1.165, 1.54) is 0 Å². The van der Waals surface area contributed by atoms with Crippen LogP contribution in [0.1, 0.15) is 39.4 Å². The van der Waals surface area contributed by atoms with E-state index in [-0.39, 0.29) is 22.6 Å². The summed E-state index contributed by atoms with van der Waals surface area (Å²) in [6, 6.07) is 6.78. The lowest BCUT2D eigenvalue weighted by atomic mass is 10.1. The molecule has 0 unspecified atom stereocenters. The van der Waals surface area contributed by atoms with Crippen LogP contribution in [-0.4, -0.2) is 40.7 Å². The number of ether oxygens (including phenoxy) is 1. The van der Waals surface area contributed by atoms with Crippen molar-refractivity contribution in [1.82, 2.24) is 5.32 Å². The molecule has 1 heterocycles. The largest absolute Gasteiger partial charge is 0.480 e. The predicted molar refractivity (Wildman–Crippen MR) is 97.2 cm³/mol. The van der Waals surface area contributed by atoms with Gasteiger partial charge in [-0.05, 0) is 38.5 Å². The molecule has 0 saturated heterocycles. The number of hydrogen-bond acceptors (Lipinski definition) is 5. The molecule has 1 aromatic carbocycles. The molecule has 0 saturated carbocycles. The quantitative estimate of drug-likeness (QED) is 0.684. The first-order valence-corrected chi connectivity index (χ1v) is 8.65. The molecule has 0 aliphatic heterocycles. The average molecular weight is 377 g/mol. The third kappa shape index (κ3) is 4.40. The molecule has 1 amide bonds. The van der Waals surface area contributed by atoms with Gasteiger partial charge in [-0.15, -0.1) is 11.3 Å². The summed E-state index contributed by atoms with van der Waals surface area (Å²) < 4.78 is 5.16. The lowest BCUT2D eigenvalue weighted by molar-refractivity contribution is -0.139. The van der Waals surface area contributed by atoms with Crippen LogP contribution in [0.3, 0.4) is 0 Å². The average Bonchev–Trinajstić information content (AvgIpc) is 2.89. The van der Waals surface area contributed by atoms with Crippen LogP contribution in [0.4, 0.5) is 0 Å². The molecule has 2 rings (SSSR count). The summed E-state index contributed by atoms with van der Waals surface area (Å²) >= 11 is 1.01. The summed E-state index contributed by atoms with van der Waals surface area (Å²) in [4.78, 5) is 34.8. The van der Waals surface area contributed by atoms with E-state index in [0.717, 1.165) is 16.9 Å². The summed E-state index contributed by atoms with van der Waals surface area (Å²) in [5, 5.41) is 20.9. The molecule has 0 bridgehead atoms. The van der Waals surface area contributed by atoms with Gasteiger partial charge >= 0.3 is 11.9 Å². The molecule has 0 atom stereocenters. The normalized spacial score (nSPS) is 10.6. The van der Waals surface area contributed by atoms with Crippen molar-refractivity contribution in [2.75, 3.05) is 6.61 Å². The van der Waals surface area contributed by atoms with Crippen molar-refractivity contribution in [3.8, 4) is 16.2 Å². The molecule has 0 radical (unpaired) electrons. The lowest BCUT2D eigenvalue weighted by Gasteiger charge is -2.09. The molecule has 2 aromatic rings. The van der Waals surface area contributed by atoms with Gasteiger partial charge in [-0.3, -0.25) is 4.79 Å². The van der Waals surface area contributed by atoms with E-state index in [4.69, 9.17) is 9.84 Å². The Morgan fingerprint density at radius 2 is 1.77 bits per heavy atom. The fourth-order valence-electron chi connectivity index (χ4n) is 2.34. The van der Waals surface area contributed by atoms with Crippen LogP contribution in [0.25, 0.3) is 10.4 Å². The highest BCUT2D eigenvalue weighted by molar-refractivity contribution is 7.18. The van der Waals surface area contributed by atoms with Gasteiger partial charge in [-0.1, -0.05) is 12.1 Å². The number of carbonyl (C=O) groups is 3. The van der Waals surface area contributed by atoms with Crippen molar-refractivity contribution in [2.24, 2.45) is 0 Å². The van der Waals surface area contributed by atoms with Gasteiger partial charge in [0.15, 0.2) is 11.5 Å². The monoisotopic (exact) mass is 377 g/mol. The molecule has 0 aliphatic carbocycles. The number of carbonyl (C=O) groups excluding carboxylic acids is 1. The van der Waals surface area contributed by atoms with E-state index in [2.05, 4.69) is 5.32 Å². The second-order valence-corrected chi connectivity index (χ2v) is 6.93. The first kappa shape index (κ1) is 19.5. The Bertz CT molecular complexity index is 838. The van der Waals surface area contributed by atoms with Crippen molar-refractivity contribution in [3.05, 3.63) is 40.3 Å². The summed E-state index contributed by atoms with van der Waals surface area (Å²) in [6.07, 6.45) is 0. The molecular formula is C18H19NO6S. The zero-order chi connectivity index (χ0) is 19.4. The van der Waals surface area contributed by atoms with Crippen LogP contribution < -0.4 is 10.1 Å². The SMILES string of the molecule is Cc1c(-c2ccc(C(=O)NC(C)C)cc2)sc(C(=O)O)c1OCC(=O)O. The third-order valence-corrected chi connectivity index (χ3v) is 4.76. The Balaban J connectivity index is 2.36. The maximum Gasteiger partial charge on any atom is 0.349 e. The Labute approximate surface area is 154 Å². The summed E-state index contributed by atoms with van der Waals surface area (Å²) in [5.41, 5.74) is 1.77. The second kappa shape index (κ2) is 8.01. The van der Waals surface area contributed by atoms with Crippen molar-refractivity contribution in [1.29, 1.82) is 0 Å². The molecule has 0 fully saturated rings. The third-order valence-electron chi connectivity index (χ3n) is 3.45.